The first-order chi connectivity index (χ1) is 9.65. The summed E-state index contributed by atoms with van der Waals surface area (Å²) in [6.07, 6.45) is 3.70. The van der Waals surface area contributed by atoms with Gasteiger partial charge in [-0.15, -0.1) is 0 Å². The number of nitrogens with zero attached hydrogens (tertiary/aromatic N) is 1. The smallest absolute Gasteiger partial charge is 0.0614 e. The minimum atomic E-state index is 0.726. The molecule has 0 aliphatic carbocycles. The number of halogens is 2. The van der Waals surface area contributed by atoms with E-state index in [4.69, 9.17) is 11.6 Å². The second-order valence-electron chi connectivity index (χ2n) is 4.27. The molecule has 0 aromatic heterocycles. The normalized spacial score (nSPS) is 11.8. The molecular formula is C16H14BrClN2. The maximum atomic E-state index is 6.05. The van der Waals surface area contributed by atoms with E-state index in [-0.39, 0.29) is 0 Å². The van der Waals surface area contributed by atoms with Crippen LogP contribution in [0.5, 0.6) is 0 Å². The van der Waals surface area contributed by atoms with Crippen LogP contribution in [-0.4, -0.2) is 6.21 Å². The van der Waals surface area contributed by atoms with Crippen molar-refractivity contribution in [3.05, 3.63) is 69.2 Å². The molecule has 0 saturated carbocycles. The molecule has 2 nitrogen and oxygen atoms in total. The van der Waals surface area contributed by atoms with Gasteiger partial charge in [-0.2, -0.15) is 5.10 Å². The summed E-state index contributed by atoms with van der Waals surface area (Å²) in [4.78, 5) is 0. The van der Waals surface area contributed by atoms with E-state index < -0.39 is 0 Å². The van der Waals surface area contributed by atoms with E-state index in [1.807, 2.05) is 61.5 Å². The number of benzene rings is 2. The average Bonchev–Trinajstić information content (AvgIpc) is 2.44. The second kappa shape index (κ2) is 7.27. The van der Waals surface area contributed by atoms with Gasteiger partial charge in [0.25, 0.3) is 0 Å². The molecule has 0 radical (unpaired) electrons. The Morgan fingerprint density at radius 1 is 1.20 bits per heavy atom. The average molecular weight is 350 g/mol. The van der Waals surface area contributed by atoms with Crippen LogP contribution in [0.25, 0.3) is 6.08 Å². The van der Waals surface area contributed by atoms with Crippen LogP contribution in [0.1, 0.15) is 11.1 Å². The molecule has 2 rings (SSSR count). The van der Waals surface area contributed by atoms with E-state index in [9.17, 15) is 0 Å². The number of hydrogen-bond donors (Lipinski definition) is 1. The molecule has 2 aromatic rings. The Kier molecular flexibility index (Phi) is 5.39. The van der Waals surface area contributed by atoms with Crippen LogP contribution in [0, 0.1) is 6.92 Å². The fourth-order valence-electron chi connectivity index (χ4n) is 1.58. The van der Waals surface area contributed by atoms with Gasteiger partial charge < -0.3 is 0 Å². The minimum absolute atomic E-state index is 0.726. The molecule has 2 aromatic carbocycles. The Morgan fingerprint density at radius 2 is 1.95 bits per heavy atom. The van der Waals surface area contributed by atoms with Crippen molar-refractivity contribution in [1.82, 2.24) is 0 Å². The first-order valence-electron chi connectivity index (χ1n) is 6.12. The van der Waals surface area contributed by atoms with Crippen molar-refractivity contribution >= 4 is 45.5 Å². The third-order valence-corrected chi connectivity index (χ3v) is 3.50. The molecule has 0 bridgehead atoms. The summed E-state index contributed by atoms with van der Waals surface area (Å²) in [5, 5.41) is 4.89. The Balaban J connectivity index is 1.99. The molecule has 102 valence electrons. The van der Waals surface area contributed by atoms with Gasteiger partial charge in [0.15, 0.2) is 0 Å². The molecule has 20 heavy (non-hydrogen) atoms. The van der Waals surface area contributed by atoms with Gasteiger partial charge >= 0.3 is 0 Å². The molecule has 0 spiro atoms. The number of aryl methyl sites for hydroxylation is 1. The van der Waals surface area contributed by atoms with Crippen LogP contribution < -0.4 is 5.43 Å². The molecule has 0 heterocycles. The van der Waals surface area contributed by atoms with Crippen molar-refractivity contribution in [3.8, 4) is 0 Å². The molecule has 0 aliphatic rings. The summed E-state index contributed by atoms with van der Waals surface area (Å²) in [6.45, 7) is 1.97. The largest absolute Gasteiger partial charge is 0.278 e. The lowest BCUT2D eigenvalue weighted by Gasteiger charge is -2.02. The van der Waals surface area contributed by atoms with Gasteiger partial charge in [0.05, 0.1) is 11.9 Å². The minimum Gasteiger partial charge on any atom is -0.278 e. The van der Waals surface area contributed by atoms with Crippen molar-refractivity contribution in [1.29, 1.82) is 0 Å². The Hall–Kier alpha value is -1.58. The maximum absolute atomic E-state index is 6.05. The van der Waals surface area contributed by atoms with Gasteiger partial charge in [-0.3, -0.25) is 5.43 Å². The summed E-state index contributed by atoms with van der Waals surface area (Å²) in [5.41, 5.74) is 5.96. The van der Waals surface area contributed by atoms with E-state index in [1.54, 1.807) is 6.21 Å². The lowest BCUT2D eigenvalue weighted by Crippen LogP contribution is -1.90. The van der Waals surface area contributed by atoms with Crippen molar-refractivity contribution in [2.75, 3.05) is 5.43 Å². The van der Waals surface area contributed by atoms with Crippen LogP contribution in [0.2, 0.25) is 5.02 Å². The highest BCUT2D eigenvalue weighted by Crippen LogP contribution is 2.20. The molecule has 0 saturated heterocycles. The predicted octanol–water partition coefficient (Wildman–Crippen LogP) is 5.48. The zero-order valence-corrected chi connectivity index (χ0v) is 13.3. The van der Waals surface area contributed by atoms with Crippen LogP contribution in [0.4, 0.5) is 5.69 Å². The summed E-state index contributed by atoms with van der Waals surface area (Å²) >= 11 is 9.51. The first-order valence-corrected chi connectivity index (χ1v) is 7.30. The standard InChI is InChI=1S/C16H14BrClN2/c1-12-7-8-15(10-16(12)18)20-19-11-14(17)9-13-5-3-2-4-6-13/h2-11,20H,1H3. The van der Waals surface area contributed by atoms with Crippen molar-refractivity contribution < 1.29 is 0 Å². The number of anilines is 1. The Labute approximate surface area is 132 Å². The summed E-state index contributed by atoms with van der Waals surface area (Å²) in [5.74, 6) is 0. The molecule has 0 unspecified atom stereocenters. The van der Waals surface area contributed by atoms with Gasteiger partial charge in [-0.05, 0) is 52.2 Å². The van der Waals surface area contributed by atoms with Crippen LogP contribution in [0.15, 0.2) is 58.1 Å². The third kappa shape index (κ3) is 4.51. The van der Waals surface area contributed by atoms with E-state index >= 15 is 0 Å². The fraction of sp³-hybridized carbons (Fsp3) is 0.0625. The van der Waals surface area contributed by atoms with Crippen LogP contribution >= 0.6 is 27.5 Å². The zero-order chi connectivity index (χ0) is 14.4. The highest BCUT2D eigenvalue weighted by molar-refractivity contribution is 9.12. The molecule has 4 heteroatoms. The Bertz CT molecular complexity index is 636. The molecule has 1 N–H and O–H groups in total. The zero-order valence-electron chi connectivity index (χ0n) is 11.0. The van der Waals surface area contributed by atoms with E-state index in [1.165, 1.54) is 0 Å². The SMILES string of the molecule is Cc1ccc(NN=CC(Br)=Cc2ccccc2)cc1Cl. The first kappa shape index (κ1) is 14.8. The number of rotatable bonds is 4. The highest BCUT2D eigenvalue weighted by atomic mass is 79.9. The monoisotopic (exact) mass is 348 g/mol. The molecule has 0 amide bonds. The van der Waals surface area contributed by atoms with Crippen LogP contribution in [0.3, 0.4) is 0 Å². The predicted molar refractivity (Wildman–Crippen MR) is 91.6 cm³/mol. The maximum Gasteiger partial charge on any atom is 0.0614 e. The van der Waals surface area contributed by atoms with Gasteiger partial charge in [0.2, 0.25) is 0 Å². The quantitative estimate of drug-likeness (QED) is 0.573. The van der Waals surface area contributed by atoms with Gasteiger partial charge in [0.1, 0.15) is 0 Å². The van der Waals surface area contributed by atoms with E-state index in [0.717, 1.165) is 26.3 Å². The number of hydrogen-bond acceptors (Lipinski definition) is 2. The van der Waals surface area contributed by atoms with E-state index in [2.05, 4.69) is 26.5 Å². The molecule has 0 atom stereocenters. The topological polar surface area (TPSA) is 24.4 Å². The van der Waals surface area contributed by atoms with Gasteiger partial charge in [-0.1, -0.05) is 48.0 Å². The van der Waals surface area contributed by atoms with Gasteiger partial charge in [-0.25, -0.2) is 0 Å². The highest BCUT2D eigenvalue weighted by Gasteiger charge is 1.96. The lowest BCUT2D eigenvalue weighted by molar-refractivity contribution is 1.34. The van der Waals surface area contributed by atoms with E-state index in [0.29, 0.717) is 0 Å². The van der Waals surface area contributed by atoms with Gasteiger partial charge in [0, 0.05) is 9.51 Å². The third-order valence-electron chi connectivity index (χ3n) is 2.66. The number of allylic oxidation sites excluding steroid dienone is 1. The van der Waals surface area contributed by atoms with Crippen molar-refractivity contribution in [3.63, 3.8) is 0 Å². The molecular weight excluding hydrogens is 336 g/mol. The molecule has 0 aliphatic heterocycles. The van der Waals surface area contributed by atoms with Crippen molar-refractivity contribution in [2.24, 2.45) is 5.10 Å². The number of nitrogens with one attached hydrogen (secondary N) is 1. The Morgan fingerprint density at radius 3 is 2.65 bits per heavy atom. The number of hydrazone groups is 1. The summed E-state index contributed by atoms with van der Waals surface area (Å²) in [7, 11) is 0. The summed E-state index contributed by atoms with van der Waals surface area (Å²) < 4.78 is 0.884. The molecule has 0 fully saturated rings. The van der Waals surface area contributed by atoms with Crippen molar-refractivity contribution in [2.45, 2.75) is 6.92 Å². The fourth-order valence-corrected chi connectivity index (χ4v) is 2.12. The second-order valence-corrected chi connectivity index (χ2v) is 5.60. The summed E-state index contributed by atoms with van der Waals surface area (Å²) in [6, 6.07) is 15.8. The lowest BCUT2D eigenvalue weighted by atomic mass is 10.2. The van der Waals surface area contributed by atoms with Crippen LogP contribution in [-0.2, 0) is 0 Å².